The third-order valence-electron chi connectivity index (χ3n) is 6.72. The molecule has 0 saturated heterocycles. The van der Waals surface area contributed by atoms with Crippen LogP contribution >= 0.6 is 0 Å². The highest BCUT2D eigenvalue weighted by Gasteiger charge is 2.09. The maximum Gasteiger partial charge on any atom is -0.0320 e. The van der Waals surface area contributed by atoms with E-state index in [0.717, 1.165) is 5.92 Å². The molecule has 0 spiro atoms. The average molecular weight is 407 g/mol. The maximum atomic E-state index is 4.42. The topological polar surface area (TPSA) is 0 Å². The molecule has 0 fully saturated rings. The molecule has 29 heavy (non-hydrogen) atoms. The predicted molar refractivity (Wildman–Crippen MR) is 136 cm³/mol. The van der Waals surface area contributed by atoms with Crippen LogP contribution in [0, 0.1) is 5.92 Å². The highest BCUT2D eigenvalue weighted by molar-refractivity contribution is 4.94. The molecule has 0 heterocycles. The van der Waals surface area contributed by atoms with E-state index in [9.17, 15) is 0 Å². The molecular formula is C29H58. The van der Waals surface area contributed by atoms with Gasteiger partial charge in [0.05, 0.1) is 0 Å². The Bertz CT molecular complexity index is 316. The van der Waals surface area contributed by atoms with Crippen LogP contribution in [-0.4, -0.2) is 0 Å². The summed E-state index contributed by atoms with van der Waals surface area (Å²) in [5.74, 6) is 0.966. The van der Waals surface area contributed by atoms with Crippen LogP contribution in [0.1, 0.15) is 168 Å². The predicted octanol–water partition coefficient (Wildman–Crippen LogP) is 11.2. The Morgan fingerprint density at radius 3 is 1.31 bits per heavy atom. The van der Waals surface area contributed by atoms with Crippen LogP contribution < -0.4 is 0 Å². The van der Waals surface area contributed by atoms with Gasteiger partial charge in [-0.2, -0.15) is 0 Å². The average Bonchev–Trinajstić information content (AvgIpc) is 2.73. The van der Waals surface area contributed by atoms with Crippen molar-refractivity contribution in [3.8, 4) is 0 Å². The summed E-state index contributed by atoms with van der Waals surface area (Å²) >= 11 is 0. The molecule has 0 aromatic heterocycles. The van der Waals surface area contributed by atoms with E-state index in [1.165, 1.54) is 153 Å². The first-order valence-electron chi connectivity index (χ1n) is 13.9. The molecule has 0 aliphatic carbocycles. The van der Waals surface area contributed by atoms with Crippen molar-refractivity contribution in [1.82, 2.24) is 0 Å². The van der Waals surface area contributed by atoms with E-state index in [1.54, 1.807) is 0 Å². The third kappa shape index (κ3) is 22.3. The molecule has 0 amide bonds. The minimum atomic E-state index is 0.966. The zero-order valence-corrected chi connectivity index (χ0v) is 21.0. The van der Waals surface area contributed by atoms with Gasteiger partial charge < -0.3 is 0 Å². The van der Waals surface area contributed by atoms with Crippen LogP contribution in [0.2, 0.25) is 0 Å². The van der Waals surface area contributed by atoms with Gasteiger partial charge in [-0.25, -0.2) is 0 Å². The van der Waals surface area contributed by atoms with Crippen molar-refractivity contribution in [2.75, 3.05) is 0 Å². The maximum absolute atomic E-state index is 4.42. The van der Waals surface area contributed by atoms with Crippen LogP contribution in [-0.2, 0) is 0 Å². The quantitative estimate of drug-likeness (QED) is 0.110. The smallest absolute Gasteiger partial charge is 0.0320 e. The normalized spacial score (nSPS) is 12.4. The van der Waals surface area contributed by atoms with Gasteiger partial charge in [-0.3, -0.25) is 0 Å². The lowest BCUT2D eigenvalue weighted by Gasteiger charge is -2.18. The molecule has 0 aliphatic heterocycles. The molecule has 0 heteroatoms. The van der Waals surface area contributed by atoms with Gasteiger partial charge in [0.1, 0.15) is 0 Å². The second-order valence-electron chi connectivity index (χ2n) is 9.79. The summed E-state index contributed by atoms with van der Waals surface area (Å²) in [6, 6.07) is 0. The van der Waals surface area contributed by atoms with Crippen molar-refractivity contribution in [2.45, 2.75) is 168 Å². The second-order valence-corrected chi connectivity index (χ2v) is 9.79. The van der Waals surface area contributed by atoms with Crippen LogP contribution in [0.3, 0.4) is 0 Å². The van der Waals surface area contributed by atoms with Gasteiger partial charge in [0.25, 0.3) is 0 Å². The number of allylic oxidation sites excluding steroid dienone is 1. The van der Waals surface area contributed by atoms with Crippen molar-refractivity contribution in [3.05, 3.63) is 12.2 Å². The number of unbranched alkanes of at least 4 members (excludes halogenated alkanes) is 15. The first-order chi connectivity index (χ1) is 14.2. The number of hydrogen-bond donors (Lipinski definition) is 0. The SMILES string of the molecule is C=C(CCCCCCCCCC)CCC(CCCCCC)CCCCCCCC. The molecule has 0 rings (SSSR count). The van der Waals surface area contributed by atoms with Gasteiger partial charge in [-0.05, 0) is 31.6 Å². The molecule has 0 aromatic carbocycles. The summed E-state index contributed by atoms with van der Waals surface area (Å²) in [5.41, 5.74) is 1.54. The Hall–Kier alpha value is -0.260. The monoisotopic (exact) mass is 406 g/mol. The molecule has 0 radical (unpaired) electrons. The van der Waals surface area contributed by atoms with Crippen molar-refractivity contribution < 1.29 is 0 Å². The zero-order valence-electron chi connectivity index (χ0n) is 21.0. The fourth-order valence-electron chi connectivity index (χ4n) is 4.55. The molecule has 0 aliphatic rings. The lowest BCUT2D eigenvalue weighted by molar-refractivity contribution is 0.380. The third-order valence-corrected chi connectivity index (χ3v) is 6.72. The minimum Gasteiger partial charge on any atom is -0.0999 e. The van der Waals surface area contributed by atoms with Crippen molar-refractivity contribution in [2.24, 2.45) is 5.92 Å². The Balaban J connectivity index is 3.85. The highest BCUT2D eigenvalue weighted by Crippen LogP contribution is 2.26. The van der Waals surface area contributed by atoms with E-state index in [-0.39, 0.29) is 0 Å². The van der Waals surface area contributed by atoms with E-state index < -0.39 is 0 Å². The van der Waals surface area contributed by atoms with Crippen molar-refractivity contribution in [3.63, 3.8) is 0 Å². The van der Waals surface area contributed by atoms with E-state index >= 15 is 0 Å². The first-order valence-corrected chi connectivity index (χ1v) is 13.9. The molecule has 0 saturated carbocycles. The Labute approximate surface area is 186 Å². The minimum absolute atomic E-state index is 0.966. The molecule has 0 bridgehead atoms. The first kappa shape index (κ1) is 28.7. The lowest BCUT2D eigenvalue weighted by Crippen LogP contribution is -2.02. The van der Waals surface area contributed by atoms with Crippen LogP contribution in [0.5, 0.6) is 0 Å². The Kier molecular flexibility index (Phi) is 23.8. The summed E-state index contributed by atoms with van der Waals surface area (Å²) in [7, 11) is 0. The second kappa shape index (κ2) is 24.0. The standard InChI is InChI=1S/C29H58/c1-5-8-11-14-16-17-18-20-23-28(4)26-27-29(24-21-13-10-7-3)25-22-19-15-12-9-6-2/h29H,4-27H2,1-3H3. The molecule has 174 valence electrons. The lowest BCUT2D eigenvalue weighted by atomic mass is 9.88. The number of rotatable bonds is 24. The van der Waals surface area contributed by atoms with E-state index in [4.69, 9.17) is 0 Å². The summed E-state index contributed by atoms with van der Waals surface area (Å²) in [6.07, 6.45) is 32.6. The molecule has 1 atom stereocenters. The summed E-state index contributed by atoms with van der Waals surface area (Å²) < 4.78 is 0. The molecule has 0 aromatic rings. The molecule has 1 unspecified atom stereocenters. The van der Waals surface area contributed by atoms with Gasteiger partial charge in [-0.15, -0.1) is 0 Å². The van der Waals surface area contributed by atoms with Crippen LogP contribution in [0.4, 0.5) is 0 Å². The molecule has 0 nitrogen and oxygen atoms in total. The molecule has 0 N–H and O–H groups in total. The number of hydrogen-bond acceptors (Lipinski definition) is 0. The summed E-state index contributed by atoms with van der Waals surface area (Å²) in [5, 5.41) is 0. The summed E-state index contributed by atoms with van der Waals surface area (Å²) in [6.45, 7) is 11.4. The van der Waals surface area contributed by atoms with Crippen LogP contribution in [0.15, 0.2) is 12.2 Å². The van der Waals surface area contributed by atoms with E-state index in [2.05, 4.69) is 27.4 Å². The van der Waals surface area contributed by atoms with Crippen LogP contribution in [0.25, 0.3) is 0 Å². The fraction of sp³-hybridized carbons (Fsp3) is 0.931. The van der Waals surface area contributed by atoms with Gasteiger partial charge >= 0.3 is 0 Å². The largest absolute Gasteiger partial charge is 0.0999 e. The zero-order chi connectivity index (χ0) is 21.4. The van der Waals surface area contributed by atoms with Gasteiger partial charge in [0.15, 0.2) is 0 Å². The van der Waals surface area contributed by atoms with E-state index in [1.807, 2.05) is 0 Å². The van der Waals surface area contributed by atoms with Crippen molar-refractivity contribution in [1.29, 1.82) is 0 Å². The van der Waals surface area contributed by atoms with Gasteiger partial charge in [0.2, 0.25) is 0 Å². The Morgan fingerprint density at radius 1 is 0.448 bits per heavy atom. The van der Waals surface area contributed by atoms with E-state index in [0.29, 0.717) is 0 Å². The fourth-order valence-corrected chi connectivity index (χ4v) is 4.55. The highest BCUT2D eigenvalue weighted by atomic mass is 14.2. The van der Waals surface area contributed by atoms with Gasteiger partial charge in [-0.1, -0.05) is 155 Å². The Morgan fingerprint density at radius 2 is 0.828 bits per heavy atom. The van der Waals surface area contributed by atoms with Gasteiger partial charge in [0, 0.05) is 0 Å². The van der Waals surface area contributed by atoms with Crippen molar-refractivity contribution >= 4 is 0 Å². The summed E-state index contributed by atoms with van der Waals surface area (Å²) in [4.78, 5) is 0. The molecular weight excluding hydrogens is 348 g/mol.